The van der Waals surface area contributed by atoms with Crippen LogP contribution in [0.3, 0.4) is 0 Å². The Bertz CT molecular complexity index is 786. The number of hydrogen-bond acceptors (Lipinski definition) is 3. The maximum absolute atomic E-state index is 12.3. The van der Waals surface area contributed by atoms with Gasteiger partial charge in [-0.25, -0.2) is 4.98 Å². The van der Waals surface area contributed by atoms with E-state index in [-0.39, 0.29) is 5.91 Å². The Morgan fingerprint density at radius 1 is 1.08 bits per heavy atom. The van der Waals surface area contributed by atoms with Crippen LogP contribution in [0.25, 0.3) is 11.0 Å². The van der Waals surface area contributed by atoms with Gasteiger partial charge in [-0.05, 0) is 50.2 Å². The van der Waals surface area contributed by atoms with Crippen molar-refractivity contribution >= 4 is 22.6 Å². The number of fused-ring (bicyclic) bond motifs is 1. The first-order valence-corrected chi connectivity index (χ1v) is 8.28. The fraction of sp³-hybridized carbons (Fsp3) is 0.263. The van der Waals surface area contributed by atoms with Crippen LogP contribution in [0.1, 0.15) is 30.0 Å². The van der Waals surface area contributed by atoms with Crippen LogP contribution in [-0.2, 0) is 6.54 Å². The second-order valence-corrected chi connectivity index (χ2v) is 5.60. The summed E-state index contributed by atoms with van der Waals surface area (Å²) in [6.45, 7) is 6.53. The number of aromatic nitrogens is 2. The average molecular weight is 322 g/mol. The second kappa shape index (κ2) is 7.17. The van der Waals surface area contributed by atoms with Gasteiger partial charge >= 0.3 is 0 Å². The molecule has 3 rings (SSSR count). The fourth-order valence-corrected chi connectivity index (χ4v) is 2.77. The van der Waals surface area contributed by atoms with Crippen molar-refractivity contribution in [3.8, 4) is 0 Å². The van der Waals surface area contributed by atoms with E-state index in [1.54, 1.807) is 0 Å². The summed E-state index contributed by atoms with van der Waals surface area (Å²) in [5.41, 5.74) is 3.67. The smallest absolute Gasteiger partial charge is 0.251 e. The number of aromatic amines is 1. The van der Waals surface area contributed by atoms with Gasteiger partial charge in [-0.2, -0.15) is 0 Å². The lowest BCUT2D eigenvalue weighted by Crippen LogP contribution is -2.24. The van der Waals surface area contributed by atoms with Crippen molar-refractivity contribution < 1.29 is 4.79 Å². The van der Waals surface area contributed by atoms with Gasteiger partial charge in [0.05, 0.1) is 17.6 Å². The molecule has 0 aliphatic heterocycles. The van der Waals surface area contributed by atoms with Crippen LogP contribution < -0.4 is 10.2 Å². The van der Waals surface area contributed by atoms with E-state index < -0.39 is 0 Å². The van der Waals surface area contributed by atoms with E-state index in [1.807, 2.05) is 48.5 Å². The Morgan fingerprint density at radius 2 is 1.79 bits per heavy atom. The summed E-state index contributed by atoms with van der Waals surface area (Å²) in [7, 11) is 0. The number of hydrogen-bond donors (Lipinski definition) is 2. The molecule has 2 N–H and O–H groups in total. The number of H-pyrrole nitrogens is 1. The second-order valence-electron chi connectivity index (χ2n) is 5.60. The lowest BCUT2D eigenvalue weighted by molar-refractivity contribution is 0.0950. The van der Waals surface area contributed by atoms with Crippen LogP contribution in [-0.4, -0.2) is 29.0 Å². The van der Waals surface area contributed by atoms with E-state index in [4.69, 9.17) is 0 Å². The SMILES string of the molecule is CCN(CC)c1ccc(C(=O)NCc2nc3ccccc3[nH]2)cc1. The number of imidazole rings is 1. The monoisotopic (exact) mass is 322 g/mol. The van der Waals surface area contributed by atoms with E-state index >= 15 is 0 Å². The maximum Gasteiger partial charge on any atom is 0.251 e. The number of amides is 1. The lowest BCUT2D eigenvalue weighted by atomic mass is 10.2. The molecule has 0 fully saturated rings. The van der Waals surface area contributed by atoms with Gasteiger partial charge in [-0.1, -0.05) is 12.1 Å². The first kappa shape index (κ1) is 16.1. The molecule has 0 aliphatic rings. The molecular formula is C19H22N4O. The molecule has 1 heterocycles. The van der Waals surface area contributed by atoms with Crippen LogP contribution in [0.5, 0.6) is 0 Å². The number of carbonyl (C=O) groups excluding carboxylic acids is 1. The summed E-state index contributed by atoms with van der Waals surface area (Å²) >= 11 is 0. The molecule has 2 aromatic carbocycles. The summed E-state index contributed by atoms with van der Waals surface area (Å²) < 4.78 is 0. The molecule has 5 heteroatoms. The maximum atomic E-state index is 12.3. The highest BCUT2D eigenvalue weighted by Gasteiger charge is 2.08. The van der Waals surface area contributed by atoms with Crippen LogP contribution in [0.4, 0.5) is 5.69 Å². The van der Waals surface area contributed by atoms with Crippen molar-refractivity contribution in [2.24, 2.45) is 0 Å². The van der Waals surface area contributed by atoms with Crippen LogP contribution >= 0.6 is 0 Å². The Hall–Kier alpha value is -2.82. The van der Waals surface area contributed by atoms with Crippen molar-refractivity contribution in [3.63, 3.8) is 0 Å². The van der Waals surface area contributed by atoms with Gasteiger partial charge in [0.25, 0.3) is 5.91 Å². The molecule has 124 valence electrons. The number of anilines is 1. The first-order valence-electron chi connectivity index (χ1n) is 8.28. The zero-order valence-corrected chi connectivity index (χ0v) is 14.0. The van der Waals surface area contributed by atoms with Gasteiger partial charge in [0, 0.05) is 24.3 Å². The van der Waals surface area contributed by atoms with Crippen molar-refractivity contribution in [2.75, 3.05) is 18.0 Å². The largest absolute Gasteiger partial charge is 0.372 e. The fourth-order valence-electron chi connectivity index (χ4n) is 2.77. The third-order valence-electron chi connectivity index (χ3n) is 4.11. The van der Waals surface area contributed by atoms with Crippen LogP contribution in [0, 0.1) is 0 Å². The van der Waals surface area contributed by atoms with Gasteiger partial charge in [0.15, 0.2) is 0 Å². The number of rotatable bonds is 6. The number of benzene rings is 2. The molecule has 0 unspecified atom stereocenters. The Morgan fingerprint density at radius 3 is 2.46 bits per heavy atom. The van der Waals surface area contributed by atoms with E-state index in [1.165, 1.54) is 0 Å². The third-order valence-corrected chi connectivity index (χ3v) is 4.11. The first-order chi connectivity index (χ1) is 11.7. The van der Waals surface area contributed by atoms with Gasteiger partial charge in [0.2, 0.25) is 0 Å². The zero-order valence-electron chi connectivity index (χ0n) is 14.0. The van der Waals surface area contributed by atoms with Gasteiger partial charge in [-0.15, -0.1) is 0 Å². The average Bonchev–Trinajstić information content (AvgIpc) is 3.04. The van der Waals surface area contributed by atoms with E-state index in [0.29, 0.717) is 12.1 Å². The Kier molecular flexibility index (Phi) is 4.79. The Balaban J connectivity index is 1.64. The predicted molar refractivity (Wildman–Crippen MR) is 97.3 cm³/mol. The highest BCUT2D eigenvalue weighted by atomic mass is 16.1. The summed E-state index contributed by atoms with van der Waals surface area (Å²) in [4.78, 5) is 22.2. The summed E-state index contributed by atoms with van der Waals surface area (Å²) in [5, 5.41) is 2.91. The molecular weight excluding hydrogens is 300 g/mol. The zero-order chi connectivity index (χ0) is 16.9. The number of nitrogens with zero attached hydrogens (tertiary/aromatic N) is 2. The van der Waals surface area contributed by atoms with Crippen molar-refractivity contribution in [1.29, 1.82) is 0 Å². The summed E-state index contributed by atoms with van der Waals surface area (Å²) in [5.74, 6) is 0.658. The molecule has 5 nitrogen and oxygen atoms in total. The third kappa shape index (κ3) is 3.40. The van der Waals surface area contributed by atoms with Gasteiger partial charge < -0.3 is 15.2 Å². The molecule has 0 aliphatic carbocycles. The number of nitrogens with one attached hydrogen (secondary N) is 2. The normalized spacial score (nSPS) is 10.8. The van der Waals surface area contributed by atoms with E-state index in [0.717, 1.165) is 35.6 Å². The van der Waals surface area contributed by atoms with Gasteiger partial charge in [-0.3, -0.25) is 4.79 Å². The quantitative estimate of drug-likeness (QED) is 0.732. The molecule has 3 aromatic rings. The molecule has 0 atom stereocenters. The molecule has 0 bridgehead atoms. The van der Waals surface area contributed by atoms with Crippen molar-refractivity contribution in [3.05, 3.63) is 59.9 Å². The summed E-state index contributed by atoms with van der Waals surface area (Å²) in [6, 6.07) is 15.5. The topological polar surface area (TPSA) is 61.0 Å². The minimum absolute atomic E-state index is 0.0958. The molecule has 0 spiro atoms. The highest BCUT2D eigenvalue weighted by Crippen LogP contribution is 2.15. The highest BCUT2D eigenvalue weighted by molar-refractivity contribution is 5.94. The molecule has 0 saturated heterocycles. The molecule has 0 radical (unpaired) electrons. The lowest BCUT2D eigenvalue weighted by Gasteiger charge is -2.21. The predicted octanol–water partition coefficient (Wildman–Crippen LogP) is 3.34. The van der Waals surface area contributed by atoms with Crippen molar-refractivity contribution in [2.45, 2.75) is 20.4 Å². The Labute approximate surface area is 141 Å². The molecule has 0 saturated carbocycles. The van der Waals surface area contributed by atoms with Gasteiger partial charge in [0.1, 0.15) is 5.82 Å². The van der Waals surface area contributed by atoms with Crippen LogP contribution in [0.2, 0.25) is 0 Å². The number of para-hydroxylation sites is 2. The molecule has 24 heavy (non-hydrogen) atoms. The van der Waals surface area contributed by atoms with Crippen molar-refractivity contribution in [1.82, 2.24) is 15.3 Å². The molecule has 1 amide bonds. The molecule has 1 aromatic heterocycles. The standard InChI is InChI=1S/C19H22N4O/c1-3-23(4-2)15-11-9-14(10-12-15)19(24)20-13-18-21-16-7-5-6-8-17(16)22-18/h5-12H,3-4,13H2,1-2H3,(H,20,24)(H,21,22). The number of carbonyl (C=O) groups is 1. The minimum atomic E-state index is -0.0958. The van der Waals surface area contributed by atoms with E-state index in [2.05, 4.69) is 34.0 Å². The minimum Gasteiger partial charge on any atom is -0.372 e. The summed E-state index contributed by atoms with van der Waals surface area (Å²) in [6.07, 6.45) is 0. The van der Waals surface area contributed by atoms with E-state index in [9.17, 15) is 4.79 Å². The van der Waals surface area contributed by atoms with Crippen LogP contribution in [0.15, 0.2) is 48.5 Å².